The third-order valence-corrected chi connectivity index (χ3v) is 6.13. The normalized spacial score (nSPS) is 26.4. The minimum absolute atomic E-state index is 0.260. The zero-order valence-corrected chi connectivity index (χ0v) is 9.83. The van der Waals surface area contributed by atoms with Gasteiger partial charge >= 0.3 is 15.2 Å². The Labute approximate surface area is 91.4 Å². The topological polar surface area (TPSA) is 135 Å². The van der Waals surface area contributed by atoms with E-state index in [0.717, 1.165) is 6.08 Å². The highest BCUT2D eigenvalue weighted by Crippen LogP contribution is 2.64. The molecule has 5 N–H and O–H groups in total. The third kappa shape index (κ3) is 2.90. The molecule has 1 rings (SSSR count). The zero-order valence-electron chi connectivity index (χ0n) is 8.04. The van der Waals surface area contributed by atoms with E-state index in [1.807, 2.05) is 0 Å². The summed E-state index contributed by atoms with van der Waals surface area (Å²) in [5.41, 5.74) is -2.23. The van der Waals surface area contributed by atoms with Crippen LogP contribution >= 0.6 is 15.2 Å². The maximum Gasteiger partial charge on any atom is 0.344 e. The summed E-state index contributed by atoms with van der Waals surface area (Å²) in [7, 11) is -10.3. The molecule has 0 radical (unpaired) electrons. The molecule has 0 aromatic heterocycles. The van der Waals surface area contributed by atoms with Crippen molar-refractivity contribution in [3.8, 4) is 0 Å². The summed E-state index contributed by atoms with van der Waals surface area (Å²) >= 11 is 0. The lowest BCUT2D eigenvalue weighted by molar-refractivity contribution is 0.0921. The van der Waals surface area contributed by atoms with Gasteiger partial charge in [-0.2, -0.15) is 0 Å². The summed E-state index contributed by atoms with van der Waals surface area (Å²) in [6.07, 6.45) is 4.88. The Morgan fingerprint density at radius 2 is 1.56 bits per heavy atom. The van der Waals surface area contributed by atoms with Crippen LogP contribution in [0.2, 0.25) is 0 Å². The van der Waals surface area contributed by atoms with E-state index in [4.69, 9.17) is 19.6 Å². The molecule has 1 aliphatic rings. The van der Waals surface area contributed by atoms with Crippen molar-refractivity contribution in [3.05, 3.63) is 24.3 Å². The lowest BCUT2D eigenvalue weighted by Gasteiger charge is -2.34. The van der Waals surface area contributed by atoms with Crippen molar-refractivity contribution in [1.82, 2.24) is 0 Å². The Bertz CT molecular complexity index is 394. The molecular formula is C7H12O7P2. The van der Waals surface area contributed by atoms with Crippen molar-refractivity contribution < 1.29 is 33.8 Å². The van der Waals surface area contributed by atoms with Crippen LogP contribution in [-0.2, 0) is 9.13 Å². The first-order valence-electron chi connectivity index (χ1n) is 4.24. The molecule has 16 heavy (non-hydrogen) atoms. The third-order valence-electron chi connectivity index (χ3n) is 2.16. The van der Waals surface area contributed by atoms with Gasteiger partial charge < -0.3 is 24.7 Å². The Balaban J connectivity index is 3.23. The molecule has 9 heteroatoms. The van der Waals surface area contributed by atoms with Gasteiger partial charge in [0.25, 0.3) is 0 Å². The van der Waals surface area contributed by atoms with Gasteiger partial charge in [-0.25, -0.2) is 0 Å². The van der Waals surface area contributed by atoms with Crippen molar-refractivity contribution in [3.63, 3.8) is 0 Å². The highest BCUT2D eigenvalue weighted by atomic mass is 31.2. The first-order valence-corrected chi connectivity index (χ1v) is 7.61. The second-order valence-corrected chi connectivity index (χ2v) is 7.33. The fourth-order valence-electron chi connectivity index (χ4n) is 1.60. The molecule has 0 fully saturated rings. The molecule has 0 aliphatic heterocycles. The molecule has 0 amide bonds. The lowest BCUT2D eigenvalue weighted by Crippen LogP contribution is -2.40. The minimum atomic E-state index is -5.13. The molecule has 1 aliphatic carbocycles. The molecule has 0 bridgehead atoms. The average Bonchev–Trinajstić information content (AvgIpc) is 1.97. The standard InChI is InChI=1S/C7H12O7P2/c8-7(4-2-1-3-5-7)6(15(9,10)11)16(12,13)14/h1-4,6,8H,5H2,(H2,9,10,11)(H2,12,13,14). The molecule has 0 heterocycles. The van der Waals surface area contributed by atoms with Crippen LogP contribution in [0.4, 0.5) is 0 Å². The summed E-state index contributed by atoms with van der Waals surface area (Å²) in [6.45, 7) is 0. The molecule has 0 saturated heterocycles. The monoisotopic (exact) mass is 270 g/mol. The first kappa shape index (κ1) is 13.8. The minimum Gasteiger partial charge on any atom is -0.384 e. The van der Waals surface area contributed by atoms with E-state index in [2.05, 4.69) is 0 Å². The fraction of sp³-hybridized carbons (Fsp3) is 0.429. The SMILES string of the molecule is O=P(O)(O)C(C1(O)C=CC=CC1)P(=O)(O)O. The second kappa shape index (κ2) is 4.20. The van der Waals surface area contributed by atoms with E-state index in [9.17, 15) is 14.2 Å². The summed E-state index contributed by atoms with van der Waals surface area (Å²) in [6, 6.07) is 0. The fourth-order valence-corrected chi connectivity index (χ4v) is 4.71. The molecule has 0 aromatic carbocycles. The van der Waals surface area contributed by atoms with E-state index in [1.54, 1.807) is 0 Å². The molecule has 1 atom stereocenters. The van der Waals surface area contributed by atoms with Crippen LogP contribution in [-0.4, -0.2) is 35.7 Å². The summed E-state index contributed by atoms with van der Waals surface area (Å²) in [5.74, 6) is 0. The maximum absolute atomic E-state index is 11.1. The van der Waals surface area contributed by atoms with Crippen molar-refractivity contribution in [2.24, 2.45) is 0 Å². The molecule has 0 aromatic rings. The largest absolute Gasteiger partial charge is 0.384 e. The van der Waals surface area contributed by atoms with Crippen molar-refractivity contribution in [2.45, 2.75) is 17.4 Å². The van der Waals surface area contributed by atoms with Gasteiger partial charge in [0, 0.05) is 0 Å². The van der Waals surface area contributed by atoms with Crippen LogP contribution in [0.25, 0.3) is 0 Å². The molecule has 0 saturated carbocycles. The van der Waals surface area contributed by atoms with Crippen molar-refractivity contribution >= 4 is 15.2 Å². The molecule has 0 spiro atoms. The van der Waals surface area contributed by atoms with Gasteiger partial charge in [0.1, 0.15) is 5.60 Å². The van der Waals surface area contributed by atoms with Crippen LogP contribution in [0.3, 0.4) is 0 Å². The summed E-state index contributed by atoms with van der Waals surface area (Å²) in [5, 5.41) is 7.44. The Morgan fingerprint density at radius 1 is 1.06 bits per heavy atom. The maximum atomic E-state index is 11.1. The van der Waals surface area contributed by atoms with Gasteiger partial charge in [0.05, 0.1) is 0 Å². The predicted octanol–water partition coefficient (Wildman–Crippen LogP) is -0.0849. The Kier molecular flexibility index (Phi) is 3.62. The van der Waals surface area contributed by atoms with Crippen molar-refractivity contribution in [1.29, 1.82) is 0 Å². The van der Waals surface area contributed by atoms with Gasteiger partial charge in [-0.3, -0.25) is 9.13 Å². The Morgan fingerprint density at radius 3 is 1.88 bits per heavy atom. The predicted molar refractivity (Wildman–Crippen MR) is 55.7 cm³/mol. The average molecular weight is 270 g/mol. The molecular weight excluding hydrogens is 258 g/mol. The smallest absolute Gasteiger partial charge is 0.344 e. The van der Waals surface area contributed by atoms with E-state index >= 15 is 0 Å². The molecule has 1 unspecified atom stereocenters. The van der Waals surface area contributed by atoms with Crippen LogP contribution < -0.4 is 0 Å². The number of allylic oxidation sites excluding steroid dienone is 2. The van der Waals surface area contributed by atoms with Crippen LogP contribution in [0.1, 0.15) is 6.42 Å². The van der Waals surface area contributed by atoms with Gasteiger partial charge in [-0.15, -0.1) is 0 Å². The van der Waals surface area contributed by atoms with Gasteiger partial charge in [-0.1, -0.05) is 24.3 Å². The van der Waals surface area contributed by atoms with Gasteiger partial charge in [0.15, 0.2) is 5.40 Å². The van der Waals surface area contributed by atoms with E-state index < -0.39 is 26.2 Å². The number of rotatable bonds is 3. The van der Waals surface area contributed by atoms with Crippen LogP contribution in [0.15, 0.2) is 24.3 Å². The van der Waals surface area contributed by atoms with Crippen molar-refractivity contribution in [2.75, 3.05) is 0 Å². The highest BCUT2D eigenvalue weighted by Gasteiger charge is 2.55. The van der Waals surface area contributed by atoms with E-state index in [1.165, 1.54) is 18.2 Å². The second-order valence-electron chi connectivity index (χ2n) is 3.53. The summed E-state index contributed by atoms with van der Waals surface area (Å²) in [4.78, 5) is 35.7. The number of hydrogen-bond acceptors (Lipinski definition) is 3. The number of hydrogen-bond donors (Lipinski definition) is 5. The van der Waals surface area contributed by atoms with Gasteiger partial charge in [-0.05, 0) is 6.42 Å². The van der Waals surface area contributed by atoms with E-state index in [-0.39, 0.29) is 6.42 Å². The Hall–Kier alpha value is -0.260. The first-order chi connectivity index (χ1) is 7.07. The summed E-state index contributed by atoms with van der Waals surface area (Å²) < 4.78 is 22.1. The van der Waals surface area contributed by atoms with Gasteiger partial charge in [0.2, 0.25) is 0 Å². The van der Waals surface area contributed by atoms with Crippen LogP contribution in [0, 0.1) is 0 Å². The molecule has 92 valence electrons. The number of aliphatic hydroxyl groups is 1. The zero-order chi connectivity index (χ0) is 12.6. The lowest BCUT2D eigenvalue weighted by atomic mass is 9.97. The van der Waals surface area contributed by atoms with Crippen LogP contribution in [0.5, 0.6) is 0 Å². The quantitative estimate of drug-likeness (QED) is 0.452. The molecule has 7 nitrogen and oxygen atoms in total. The van der Waals surface area contributed by atoms with E-state index in [0.29, 0.717) is 0 Å². The highest BCUT2D eigenvalue weighted by molar-refractivity contribution is 7.71.